The molecule has 8 heteroatoms. The third-order valence-electron chi connectivity index (χ3n) is 6.90. The molecule has 5 aliphatic heterocycles. The number of hydrogen-bond donors (Lipinski definition) is 1. The van der Waals surface area contributed by atoms with E-state index >= 15 is 4.39 Å². The van der Waals surface area contributed by atoms with Crippen LogP contribution in [0.25, 0.3) is 0 Å². The third kappa shape index (κ3) is 2.92. The van der Waals surface area contributed by atoms with Crippen LogP contribution in [0.4, 0.5) is 10.1 Å². The summed E-state index contributed by atoms with van der Waals surface area (Å²) in [4.78, 5) is 42.6. The zero-order valence-corrected chi connectivity index (χ0v) is 17.6. The maximum atomic E-state index is 15.0. The van der Waals surface area contributed by atoms with E-state index in [1.54, 1.807) is 6.07 Å². The molecule has 0 saturated carbocycles. The van der Waals surface area contributed by atoms with Crippen LogP contribution < -0.4 is 10.2 Å². The first kappa shape index (κ1) is 19.5. The Kier molecular flexibility index (Phi) is 4.23. The van der Waals surface area contributed by atoms with Gasteiger partial charge in [0.15, 0.2) is 0 Å². The Hall–Kier alpha value is -2.48. The number of benzene rings is 1. The Labute approximate surface area is 175 Å². The maximum absolute atomic E-state index is 15.0. The predicted octanol–water partition coefficient (Wildman–Crippen LogP) is 1.65. The molecule has 5 aliphatic rings. The van der Waals surface area contributed by atoms with Crippen LogP contribution in [0.2, 0.25) is 0 Å². The third-order valence-corrected chi connectivity index (χ3v) is 6.90. The van der Waals surface area contributed by atoms with Crippen molar-refractivity contribution in [2.45, 2.75) is 70.2 Å². The van der Waals surface area contributed by atoms with Crippen molar-refractivity contribution < 1.29 is 18.8 Å². The monoisotopic (exact) mass is 414 g/mol. The fourth-order valence-electron chi connectivity index (χ4n) is 5.72. The number of amides is 3. The van der Waals surface area contributed by atoms with Gasteiger partial charge in [-0.05, 0) is 51.3 Å². The largest absolute Gasteiger partial charge is 0.366 e. The van der Waals surface area contributed by atoms with E-state index in [4.69, 9.17) is 0 Å². The van der Waals surface area contributed by atoms with Gasteiger partial charge in [0, 0.05) is 49.2 Å². The summed E-state index contributed by atoms with van der Waals surface area (Å²) in [7, 11) is 0. The van der Waals surface area contributed by atoms with Crippen LogP contribution in [0.3, 0.4) is 0 Å². The van der Waals surface area contributed by atoms with E-state index in [1.165, 1.54) is 11.0 Å². The molecule has 0 spiro atoms. The topological polar surface area (TPSA) is 73.0 Å². The van der Waals surface area contributed by atoms with Crippen molar-refractivity contribution in [1.82, 2.24) is 15.1 Å². The highest BCUT2D eigenvalue weighted by molar-refractivity contribution is 6.05. The molecule has 0 radical (unpaired) electrons. The van der Waals surface area contributed by atoms with Gasteiger partial charge in [-0.15, -0.1) is 0 Å². The van der Waals surface area contributed by atoms with Gasteiger partial charge < -0.3 is 9.80 Å². The van der Waals surface area contributed by atoms with E-state index < -0.39 is 17.8 Å². The Balaban J connectivity index is 1.37. The molecule has 5 heterocycles. The maximum Gasteiger partial charge on any atom is 0.255 e. The normalized spacial score (nSPS) is 29.1. The summed E-state index contributed by atoms with van der Waals surface area (Å²) in [5.74, 6) is -1.51. The van der Waals surface area contributed by atoms with Crippen LogP contribution in [0.1, 0.15) is 56.0 Å². The summed E-state index contributed by atoms with van der Waals surface area (Å²) < 4.78 is 15.0. The van der Waals surface area contributed by atoms with E-state index in [9.17, 15) is 14.4 Å². The lowest BCUT2D eigenvalue weighted by Crippen LogP contribution is -2.73. The highest BCUT2D eigenvalue weighted by Gasteiger charge is 2.49. The smallest absolute Gasteiger partial charge is 0.255 e. The minimum absolute atomic E-state index is 0.102. The fourth-order valence-corrected chi connectivity index (χ4v) is 5.72. The lowest BCUT2D eigenvalue weighted by molar-refractivity contribution is -0.136. The summed E-state index contributed by atoms with van der Waals surface area (Å²) in [6.07, 6.45) is 1.65. The molecular formula is C22H27FN4O3. The number of anilines is 1. The first-order valence-electron chi connectivity index (χ1n) is 10.6. The number of fused-ring (bicyclic) bond motifs is 3. The summed E-state index contributed by atoms with van der Waals surface area (Å²) in [5.41, 5.74) is 1.70. The fraction of sp³-hybridized carbons (Fsp3) is 0.591. The molecule has 1 aromatic carbocycles. The van der Waals surface area contributed by atoms with E-state index in [-0.39, 0.29) is 30.3 Å². The molecule has 4 fully saturated rings. The first-order chi connectivity index (χ1) is 14.1. The Morgan fingerprint density at radius 3 is 2.43 bits per heavy atom. The number of rotatable bonds is 2. The van der Waals surface area contributed by atoms with Gasteiger partial charge in [0.05, 0.1) is 5.69 Å². The summed E-state index contributed by atoms with van der Waals surface area (Å²) in [6.45, 7) is 8.46. The lowest BCUT2D eigenvalue weighted by Gasteiger charge is -2.61. The highest BCUT2D eigenvalue weighted by Crippen LogP contribution is 2.41. The van der Waals surface area contributed by atoms with Crippen LogP contribution in [0, 0.1) is 5.82 Å². The van der Waals surface area contributed by atoms with Crippen molar-refractivity contribution >= 4 is 23.4 Å². The molecule has 6 rings (SSSR count). The number of hydrogen-bond acceptors (Lipinski definition) is 5. The molecule has 4 saturated heterocycles. The van der Waals surface area contributed by atoms with Crippen molar-refractivity contribution in [2.75, 3.05) is 18.0 Å². The Bertz CT molecular complexity index is 944. The van der Waals surface area contributed by atoms with Crippen molar-refractivity contribution in [3.8, 4) is 0 Å². The molecule has 1 aromatic rings. The van der Waals surface area contributed by atoms with Crippen molar-refractivity contribution in [1.29, 1.82) is 0 Å². The summed E-state index contributed by atoms with van der Waals surface area (Å²) in [6, 6.07) is 3.24. The molecule has 0 aromatic heterocycles. The van der Waals surface area contributed by atoms with Crippen LogP contribution in [-0.4, -0.2) is 64.3 Å². The number of carbonyl (C=O) groups is 3. The standard InChI is InChI=1S/C22H27FN4O3/c1-22(2,3)27-13-7-14(27)11-25(10-13)18-6-12-9-26(21(30)15(12)8-16(18)23)17-4-5-19(28)24-20(17)29/h6,8,13-14,17H,4-5,7,9-11H2,1-3H3,(H,24,28,29). The second-order valence-corrected chi connectivity index (χ2v) is 9.89. The quantitative estimate of drug-likeness (QED) is 0.745. The zero-order valence-electron chi connectivity index (χ0n) is 17.6. The van der Waals surface area contributed by atoms with Crippen LogP contribution in [0.5, 0.6) is 0 Å². The van der Waals surface area contributed by atoms with E-state index in [2.05, 4.69) is 35.9 Å². The van der Waals surface area contributed by atoms with Crippen molar-refractivity contribution in [3.05, 3.63) is 29.1 Å². The van der Waals surface area contributed by atoms with Crippen molar-refractivity contribution in [2.24, 2.45) is 0 Å². The average molecular weight is 414 g/mol. The number of nitrogens with zero attached hydrogens (tertiary/aromatic N) is 3. The molecule has 30 heavy (non-hydrogen) atoms. The van der Waals surface area contributed by atoms with Crippen LogP contribution in [-0.2, 0) is 16.1 Å². The van der Waals surface area contributed by atoms with Gasteiger partial charge >= 0.3 is 0 Å². The minimum Gasteiger partial charge on any atom is -0.366 e. The number of piperazine rings is 1. The highest BCUT2D eigenvalue weighted by atomic mass is 19.1. The molecule has 3 atom stereocenters. The summed E-state index contributed by atoms with van der Waals surface area (Å²) >= 11 is 0. The van der Waals surface area contributed by atoms with Gasteiger partial charge in [0.25, 0.3) is 5.91 Å². The molecule has 3 unspecified atom stereocenters. The summed E-state index contributed by atoms with van der Waals surface area (Å²) in [5, 5.41) is 2.30. The van der Waals surface area contributed by atoms with Gasteiger partial charge in [-0.25, -0.2) is 4.39 Å². The molecule has 7 nitrogen and oxygen atoms in total. The molecule has 2 bridgehead atoms. The van der Waals surface area contributed by atoms with Crippen LogP contribution >= 0.6 is 0 Å². The predicted molar refractivity (Wildman–Crippen MR) is 108 cm³/mol. The van der Waals surface area contributed by atoms with E-state index in [0.717, 1.165) is 25.1 Å². The van der Waals surface area contributed by atoms with Gasteiger partial charge in [0.1, 0.15) is 11.9 Å². The molecule has 3 amide bonds. The number of halogens is 1. The molecule has 1 N–H and O–H groups in total. The van der Waals surface area contributed by atoms with Crippen molar-refractivity contribution in [3.63, 3.8) is 0 Å². The zero-order chi connectivity index (χ0) is 21.4. The number of carbonyl (C=O) groups excluding carboxylic acids is 3. The molecule has 0 aliphatic carbocycles. The van der Waals surface area contributed by atoms with Gasteiger partial charge in [-0.2, -0.15) is 0 Å². The Morgan fingerprint density at radius 1 is 1.10 bits per heavy atom. The SMILES string of the molecule is CC(C)(C)N1C2CC1CN(c1cc3c(cc1F)C(=O)N(C1CCC(=O)NC1=O)C3)C2. The number of imide groups is 1. The lowest BCUT2D eigenvalue weighted by atomic mass is 9.82. The number of piperidine rings is 2. The first-order valence-corrected chi connectivity index (χ1v) is 10.6. The van der Waals surface area contributed by atoms with E-state index in [1.807, 2.05) is 0 Å². The van der Waals surface area contributed by atoms with E-state index in [0.29, 0.717) is 29.8 Å². The average Bonchev–Trinajstić information content (AvgIpc) is 2.95. The second-order valence-electron chi connectivity index (χ2n) is 9.89. The molecular weight excluding hydrogens is 387 g/mol. The van der Waals surface area contributed by atoms with Crippen LogP contribution in [0.15, 0.2) is 12.1 Å². The van der Waals surface area contributed by atoms with Gasteiger partial charge in [-0.3, -0.25) is 24.6 Å². The van der Waals surface area contributed by atoms with Gasteiger partial charge in [0.2, 0.25) is 11.8 Å². The van der Waals surface area contributed by atoms with Gasteiger partial charge in [-0.1, -0.05) is 0 Å². The second kappa shape index (κ2) is 6.51. The number of nitrogens with one attached hydrogen (secondary N) is 1. The minimum atomic E-state index is -0.683. The Morgan fingerprint density at radius 2 is 1.80 bits per heavy atom. The molecule has 160 valence electrons.